The molecule has 0 aliphatic heterocycles. The molecule has 0 unspecified atom stereocenters. The first kappa shape index (κ1) is 8.47. The number of nitrogens with one attached hydrogen (secondary N) is 1. The van der Waals surface area contributed by atoms with Gasteiger partial charge in [-0.15, -0.1) is 0 Å². The maximum absolute atomic E-state index is 5.25. The van der Waals surface area contributed by atoms with Crippen LogP contribution in [0.3, 0.4) is 0 Å². The van der Waals surface area contributed by atoms with E-state index in [-0.39, 0.29) is 0 Å². The molecule has 1 rings (SSSR count). The van der Waals surface area contributed by atoms with Gasteiger partial charge in [0.2, 0.25) is 0 Å². The van der Waals surface area contributed by atoms with Crippen molar-refractivity contribution in [1.82, 2.24) is 4.98 Å². The van der Waals surface area contributed by atoms with Crippen LogP contribution in [-0.4, -0.2) is 4.98 Å². The fourth-order valence-corrected chi connectivity index (χ4v) is 1.40. The summed E-state index contributed by atoms with van der Waals surface area (Å²) in [6.45, 7) is 8.22. The zero-order valence-corrected chi connectivity index (χ0v) is 8.22. The zero-order valence-electron chi connectivity index (χ0n) is 7.41. The van der Waals surface area contributed by atoms with Crippen molar-refractivity contribution in [2.75, 3.05) is 0 Å². The van der Waals surface area contributed by atoms with E-state index < -0.39 is 0 Å². The molecule has 0 bridgehead atoms. The lowest BCUT2D eigenvalue weighted by Crippen LogP contribution is -1.95. The quantitative estimate of drug-likeness (QED) is 0.587. The Balaban J connectivity index is 3.59. The molecule has 0 aliphatic rings. The minimum Gasteiger partial charge on any atom is -0.362 e. The molecule has 0 spiro atoms. The topological polar surface area (TPSA) is 15.8 Å². The van der Waals surface area contributed by atoms with Gasteiger partial charge in [-0.1, -0.05) is 12.2 Å². The molecule has 0 radical (unpaired) electrons. The first-order valence-corrected chi connectivity index (χ1v) is 4.11. The molecule has 11 heavy (non-hydrogen) atoms. The zero-order chi connectivity index (χ0) is 8.59. The lowest BCUT2D eigenvalue weighted by Gasteiger charge is -2.06. The van der Waals surface area contributed by atoms with Gasteiger partial charge in [0.05, 0.1) is 0 Å². The van der Waals surface area contributed by atoms with Crippen LogP contribution in [0.4, 0.5) is 0 Å². The van der Waals surface area contributed by atoms with Gasteiger partial charge < -0.3 is 4.98 Å². The average molecular weight is 167 g/mol. The van der Waals surface area contributed by atoms with E-state index in [0.717, 1.165) is 4.51 Å². The second-order valence-electron chi connectivity index (χ2n) is 2.95. The minimum atomic E-state index is 0.999. The second kappa shape index (κ2) is 2.78. The van der Waals surface area contributed by atoms with Gasteiger partial charge in [-0.2, -0.15) is 0 Å². The second-order valence-corrected chi connectivity index (χ2v) is 3.36. The molecular weight excluding hydrogens is 154 g/mol. The Kier molecular flexibility index (Phi) is 2.14. The van der Waals surface area contributed by atoms with Crippen molar-refractivity contribution in [3.63, 3.8) is 0 Å². The summed E-state index contributed by atoms with van der Waals surface area (Å²) in [7, 11) is 0. The van der Waals surface area contributed by atoms with E-state index in [9.17, 15) is 0 Å². The normalized spacial score (nSPS) is 10.2. The molecule has 2 heteroatoms. The third-order valence-electron chi connectivity index (χ3n) is 2.18. The molecule has 1 aromatic rings. The highest BCUT2D eigenvalue weighted by Crippen LogP contribution is 2.13. The van der Waals surface area contributed by atoms with Crippen LogP contribution >= 0.6 is 12.2 Å². The molecule has 1 nitrogen and oxygen atoms in total. The first-order valence-electron chi connectivity index (χ1n) is 3.70. The van der Waals surface area contributed by atoms with Gasteiger partial charge in [-0.25, -0.2) is 0 Å². The van der Waals surface area contributed by atoms with E-state index in [4.69, 9.17) is 12.2 Å². The minimum absolute atomic E-state index is 0.999. The highest BCUT2D eigenvalue weighted by atomic mass is 32.1. The Labute approximate surface area is 72.5 Å². The molecule has 0 saturated carbocycles. The number of aromatic amines is 1. The van der Waals surface area contributed by atoms with Crippen LogP contribution in [0.15, 0.2) is 0 Å². The van der Waals surface area contributed by atoms with Gasteiger partial charge in [-0.05, 0) is 38.8 Å². The molecule has 0 aliphatic carbocycles. The predicted molar refractivity (Wildman–Crippen MR) is 50.6 cm³/mol. The largest absolute Gasteiger partial charge is 0.362 e. The molecule has 1 aromatic heterocycles. The Morgan fingerprint density at radius 3 is 1.64 bits per heavy atom. The van der Waals surface area contributed by atoms with E-state index in [2.05, 4.69) is 32.7 Å². The number of hydrogen-bond donors (Lipinski definition) is 1. The summed E-state index contributed by atoms with van der Waals surface area (Å²) in [6.07, 6.45) is 0. The number of pyridine rings is 1. The lowest BCUT2D eigenvalue weighted by molar-refractivity contribution is 1.05. The summed E-state index contributed by atoms with van der Waals surface area (Å²) in [6, 6.07) is 0. The van der Waals surface area contributed by atoms with Crippen LogP contribution in [0.2, 0.25) is 0 Å². The summed E-state index contributed by atoms with van der Waals surface area (Å²) >= 11 is 5.25. The lowest BCUT2D eigenvalue weighted by atomic mass is 10.1. The molecule has 0 amide bonds. The van der Waals surface area contributed by atoms with Crippen molar-refractivity contribution < 1.29 is 0 Å². The van der Waals surface area contributed by atoms with Crippen LogP contribution in [-0.2, 0) is 0 Å². The van der Waals surface area contributed by atoms with Crippen LogP contribution < -0.4 is 0 Å². The third kappa shape index (κ3) is 1.36. The average Bonchev–Trinajstić information content (AvgIpc) is 1.97. The van der Waals surface area contributed by atoms with Gasteiger partial charge in [0.25, 0.3) is 0 Å². The van der Waals surface area contributed by atoms with Crippen molar-refractivity contribution in [2.45, 2.75) is 27.7 Å². The van der Waals surface area contributed by atoms with Crippen molar-refractivity contribution in [1.29, 1.82) is 0 Å². The van der Waals surface area contributed by atoms with Crippen molar-refractivity contribution >= 4 is 12.2 Å². The maximum Gasteiger partial charge on any atom is 0.0469 e. The summed E-state index contributed by atoms with van der Waals surface area (Å²) in [5.41, 5.74) is 4.75. The Hall–Kier alpha value is -0.630. The number of hydrogen-bond acceptors (Lipinski definition) is 1. The van der Waals surface area contributed by atoms with Gasteiger partial charge in [0, 0.05) is 15.9 Å². The molecule has 0 atom stereocenters. The fourth-order valence-electron chi connectivity index (χ4n) is 1.09. The summed E-state index contributed by atoms with van der Waals surface area (Å²) in [4.78, 5) is 3.28. The molecule has 0 saturated heterocycles. The standard InChI is InChI=1S/C9H13NS/c1-5-7(3)10-8(4)6(2)9(5)11/h1-4H3,(H,10,11). The number of aryl methyl sites for hydroxylation is 2. The first-order chi connectivity index (χ1) is 5.04. The third-order valence-corrected chi connectivity index (χ3v) is 2.79. The van der Waals surface area contributed by atoms with Crippen LogP contribution in [0, 0.1) is 32.2 Å². The Morgan fingerprint density at radius 1 is 0.909 bits per heavy atom. The van der Waals surface area contributed by atoms with Crippen molar-refractivity contribution in [2.24, 2.45) is 0 Å². The summed E-state index contributed by atoms with van der Waals surface area (Å²) in [5.74, 6) is 0. The number of aromatic nitrogens is 1. The van der Waals surface area contributed by atoms with E-state index in [1.165, 1.54) is 22.5 Å². The molecular formula is C9H13NS. The maximum atomic E-state index is 5.25. The van der Waals surface area contributed by atoms with Gasteiger partial charge in [0.15, 0.2) is 0 Å². The van der Waals surface area contributed by atoms with Crippen LogP contribution in [0.1, 0.15) is 22.5 Å². The van der Waals surface area contributed by atoms with E-state index in [1.807, 2.05) is 0 Å². The molecule has 0 aromatic carbocycles. The fraction of sp³-hybridized carbons (Fsp3) is 0.444. The number of H-pyrrole nitrogens is 1. The van der Waals surface area contributed by atoms with Gasteiger partial charge in [0.1, 0.15) is 0 Å². The SMILES string of the molecule is Cc1[nH]c(C)c(C)c(=S)c1C. The van der Waals surface area contributed by atoms with E-state index >= 15 is 0 Å². The van der Waals surface area contributed by atoms with E-state index in [1.54, 1.807) is 0 Å². The summed E-state index contributed by atoms with van der Waals surface area (Å²) < 4.78 is 0.999. The van der Waals surface area contributed by atoms with Gasteiger partial charge in [-0.3, -0.25) is 0 Å². The van der Waals surface area contributed by atoms with Crippen molar-refractivity contribution in [3.05, 3.63) is 27.0 Å². The smallest absolute Gasteiger partial charge is 0.0469 e. The van der Waals surface area contributed by atoms with Gasteiger partial charge >= 0.3 is 0 Å². The Morgan fingerprint density at radius 2 is 1.27 bits per heavy atom. The molecule has 1 N–H and O–H groups in total. The number of rotatable bonds is 0. The molecule has 1 heterocycles. The Bertz CT molecular complexity index is 307. The predicted octanol–water partition coefficient (Wildman–Crippen LogP) is 2.98. The molecule has 0 fully saturated rings. The monoisotopic (exact) mass is 167 g/mol. The summed E-state index contributed by atoms with van der Waals surface area (Å²) in [5, 5.41) is 0. The van der Waals surface area contributed by atoms with Crippen molar-refractivity contribution in [3.8, 4) is 0 Å². The molecule has 60 valence electrons. The van der Waals surface area contributed by atoms with Crippen LogP contribution in [0.25, 0.3) is 0 Å². The van der Waals surface area contributed by atoms with Crippen LogP contribution in [0.5, 0.6) is 0 Å². The highest BCUT2D eigenvalue weighted by molar-refractivity contribution is 7.71. The van der Waals surface area contributed by atoms with E-state index in [0.29, 0.717) is 0 Å². The highest BCUT2D eigenvalue weighted by Gasteiger charge is 2.00.